The molecule has 0 amide bonds. The van der Waals surface area contributed by atoms with Crippen molar-refractivity contribution in [2.75, 3.05) is 7.11 Å². The highest BCUT2D eigenvalue weighted by Crippen LogP contribution is 2.40. The fourth-order valence-electron chi connectivity index (χ4n) is 3.33. The Hall–Kier alpha value is -2.66. The van der Waals surface area contributed by atoms with E-state index in [-0.39, 0.29) is 11.9 Å². The van der Waals surface area contributed by atoms with Gasteiger partial charge in [0.05, 0.1) is 11.6 Å². The lowest BCUT2D eigenvalue weighted by atomic mass is 9.91. The van der Waals surface area contributed by atoms with Crippen LogP contribution < -0.4 is 10.5 Å². The molecule has 2 N–H and O–H groups in total. The van der Waals surface area contributed by atoms with E-state index >= 15 is 0 Å². The summed E-state index contributed by atoms with van der Waals surface area (Å²) in [5.41, 5.74) is 11.1. The minimum absolute atomic E-state index is 0.177. The molecular weight excluding hydrogens is 395 g/mol. The highest BCUT2D eigenvalue weighted by Gasteiger charge is 2.28. The molecule has 0 bridgehead atoms. The molecule has 0 aromatic heterocycles. The summed E-state index contributed by atoms with van der Waals surface area (Å²) in [5.74, 6) is 0.976. The molecule has 0 fully saturated rings. The van der Waals surface area contributed by atoms with Gasteiger partial charge in [0.2, 0.25) is 0 Å². The third-order valence-corrected chi connectivity index (χ3v) is 5.16. The number of hydrogen-bond donors (Lipinski definition) is 1. The number of nitrogens with zero attached hydrogens (tertiary/aromatic N) is 1. The van der Waals surface area contributed by atoms with Crippen LogP contribution in [-0.4, -0.2) is 12.9 Å². The molecule has 4 rings (SSSR count). The van der Waals surface area contributed by atoms with E-state index < -0.39 is 0 Å². The SMILES string of the molecule is COc1cccc(C2N=C(N)c3c(-c4ccc(F)c(Br)c4)cccc32)c1. The van der Waals surface area contributed by atoms with Crippen LogP contribution in [0, 0.1) is 5.82 Å². The molecule has 1 aliphatic heterocycles. The highest BCUT2D eigenvalue weighted by molar-refractivity contribution is 9.10. The van der Waals surface area contributed by atoms with E-state index in [1.54, 1.807) is 19.2 Å². The van der Waals surface area contributed by atoms with Crippen molar-refractivity contribution in [3.63, 3.8) is 0 Å². The zero-order valence-corrected chi connectivity index (χ0v) is 15.6. The molecule has 3 aromatic rings. The van der Waals surface area contributed by atoms with Gasteiger partial charge in [0, 0.05) is 5.56 Å². The molecule has 1 aliphatic rings. The number of halogens is 2. The lowest BCUT2D eigenvalue weighted by molar-refractivity contribution is 0.414. The minimum Gasteiger partial charge on any atom is -0.497 e. The molecule has 5 heteroatoms. The van der Waals surface area contributed by atoms with Crippen molar-refractivity contribution in [1.29, 1.82) is 0 Å². The van der Waals surface area contributed by atoms with Gasteiger partial charge in [-0.2, -0.15) is 0 Å². The molecule has 0 saturated heterocycles. The molecule has 0 radical (unpaired) electrons. The molecule has 0 spiro atoms. The minimum atomic E-state index is -0.294. The summed E-state index contributed by atoms with van der Waals surface area (Å²) in [4.78, 5) is 4.68. The van der Waals surface area contributed by atoms with Crippen LogP contribution in [0.5, 0.6) is 5.75 Å². The number of hydrogen-bond acceptors (Lipinski definition) is 3. The van der Waals surface area contributed by atoms with Gasteiger partial charge in [0.25, 0.3) is 0 Å². The number of nitrogens with two attached hydrogens (primary N) is 1. The van der Waals surface area contributed by atoms with Crippen LogP contribution in [0.1, 0.15) is 22.7 Å². The van der Waals surface area contributed by atoms with Gasteiger partial charge < -0.3 is 10.5 Å². The van der Waals surface area contributed by atoms with E-state index in [1.165, 1.54) is 6.07 Å². The second-order valence-corrected chi connectivity index (χ2v) is 6.95. The maximum Gasteiger partial charge on any atom is 0.137 e. The maximum atomic E-state index is 13.6. The summed E-state index contributed by atoms with van der Waals surface area (Å²) in [6.45, 7) is 0. The molecule has 3 aromatic carbocycles. The third-order valence-electron chi connectivity index (χ3n) is 4.56. The van der Waals surface area contributed by atoms with Crippen LogP contribution in [0.25, 0.3) is 11.1 Å². The van der Waals surface area contributed by atoms with Crippen molar-refractivity contribution in [2.24, 2.45) is 10.7 Å². The van der Waals surface area contributed by atoms with E-state index in [4.69, 9.17) is 10.5 Å². The normalized spacial score (nSPS) is 15.5. The lowest BCUT2D eigenvalue weighted by Gasteiger charge is -2.13. The van der Waals surface area contributed by atoms with Crippen molar-refractivity contribution >= 4 is 21.8 Å². The smallest absolute Gasteiger partial charge is 0.137 e. The average molecular weight is 411 g/mol. The van der Waals surface area contributed by atoms with Gasteiger partial charge in [-0.15, -0.1) is 0 Å². The number of benzene rings is 3. The van der Waals surface area contributed by atoms with Crippen molar-refractivity contribution in [3.8, 4) is 16.9 Å². The van der Waals surface area contributed by atoms with E-state index in [2.05, 4.69) is 20.9 Å². The van der Waals surface area contributed by atoms with Gasteiger partial charge in [0.15, 0.2) is 0 Å². The molecule has 130 valence electrons. The molecule has 26 heavy (non-hydrogen) atoms. The van der Waals surface area contributed by atoms with Crippen LogP contribution in [-0.2, 0) is 0 Å². The first-order valence-electron chi connectivity index (χ1n) is 8.14. The Balaban J connectivity index is 1.85. The quantitative estimate of drug-likeness (QED) is 0.654. The van der Waals surface area contributed by atoms with Gasteiger partial charge in [-0.25, -0.2) is 4.39 Å². The first-order chi connectivity index (χ1) is 12.6. The standard InChI is InChI=1S/C21H16BrFN2O/c1-26-14-5-2-4-13(10-14)20-16-7-3-6-15(19(16)21(24)25-20)12-8-9-18(23)17(22)11-12/h2-11,20H,1H3,(H2,24,25). The molecule has 1 heterocycles. The Kier molecular flexibility index (Phi) is 4.24. The Bertz CT molecular complexity index is 1030. The number of rotatable bonds is 3. The second kappa shape index (κ2) is 6.57. The number of aliphatic imine (C=N–C) groups is 1. The molecule has 1 unspecified atom stereocenters. The highest BCUT2D eigenvalue weighted by atomic mass is 79.9. The van der Waals surface area contributed by atoms with Crippen LogP contribution in [0.3, 0.4) is 0 Å². The maximum absolute atomic E-state index is 13.6. The molecule has 3 nitrogen and oxygen atoms in total. The van der Waals surface area contributed by atoms with E-state index in [0.29, 0.717) is 10.3 Å². The molecule has 0 aliphatic carbocycles. The molecule has 0 saturated carbocycles. The van der Waals surface area contributed by atoms with Crippen LogP contribution in [0.2, 0.25) is 0 Å². The summed E-state index contributed by atoms with van der Waals surface area (Å²) < 4.78 is 19.4. The lowest BCUT2D eigenvalue weighted by Crippen LogP contribution is -2.11. The Labute approximate surface area is 159 Å². The average Bonchev–Trinajstić information content (AvgIpc) is 3.01. The Morgan fingerprint density at radius 2 is 1.88 bits per heavy atom. The zero-order valence-electron chi connectivity index (χ0n) is 14.0. The van der Waals surface area contributed by atoms with E-state index in [1.807, 2.05) is 42.5 Å². The number of fused-ring (bicyclic) bond motifs is 1. The fraction of sp³-hybridized carbons (Fsp3) is 0.0952. The predicted octanol–water partition coefficient (Wildman–Crippen LogP) is 5.07. The zero-order chi connectivity index (χ0) is 18.3. The monoisotopic (exact) mass is 410 g/mol. The Morgan fingerprint density at radius 3 is 2.65 bits per heavy atom. The van der Waals surface area contributed by atoms with Gasteiger partial charge in [-0.3, -0.25) is 4.99 Å². The summed E-state index contributed by atoms with van der Waals surface area (Å²) in [5, 5.41) is 0. The fourth-order valence-corrected chi connectivity index (χ4v) is 3.71. The van der Waals surface area contributed by atoms with Gasteiger partial charge in [-0.1, -0.05) is 36.4 Å². The molecular formula is C21H16BrFN2O. The van der Waals surface area contributed by atoms with Crippen LogP contribution in [0.4, 0.5) is 4.39 Å². The number of ether oxygens (including phenoxy) is 1. The predicted molar refractivity (Wildman–Crippen MR) is 105 cm³/mol. The summed E-state index contributed by atoms with van der Waals surface area (Å²) in [6.07, 6.45) is 0. The summed E-state index contributed by atoms with van der Waals surface area (Å²) >= 11 is 3.25. The van der Waals surface area contributed by atoms with Crippen LogP contribution in [0.15, 0.2) is 70.1 Å². The van der Waals surface area contributed by atoms with Gasteiger partial charge in [0.1, 0.15) is 23.4 Å². The van der Waals surface area contributed by atoms with E-state index in [9.17, 15) is 4.39 Å². The summed E-state index contributed by atoms with van der Waals surface area (Å²) in [6, 6.07) is 18.6. The largest absolute Gasteiger partial charge is 0.497 e. The molecule has 1 atom stereocenters. The van der Waals surface area contributed by atoms with Crippen molar-refractivity contribution in [2.45, 2.75) is 6.04 Å². The van der Waals surface area contributed by atoms with Gasteiger partial charge >= 0.3 is 0 Å². The summed E-state index contributed by atoms with van der Waals surface area (Å²) in [7, 11) is 1.64. The van der Waals surface area contributed by atoms with Crippen molar-refractivity contribution < 1.29 is 9.13 Å². The first-order valence-corrected chi connectivity index (χ1v) is 8.93. The van der Waals surface area contributed by atoms with Gasteiger partial charge in [-0.05, 0) is 62.4 Å². The first kappa shape index (κ1) is 16.8. The van der Waals surface area contributed by atoms with Crippen molar-refractivity contribution in [1.82, 2.24) is 0 Å². The number of amidine groups is 1. The Morgan fingerprint density at radius 1 is 1.08 bits per heavy atom. The van der Waals surface area contributed by atoms with Crippen molar-refractivity contribution in [3.05, 3.63) is 87.6 Å². The third kappa shape index (κ3) is 2.78. The topological polar surface area (TPSA) is 47.6 Å². The number of methoxy groups -OCH3 is 1. The van der Waals surface area contributed by atoms with E-state index in [0.717, 1.165) is 33.6 Å². The second-order valence-electron chi connectivity index (χ2n) is 6.09. The van der Waals surface area contributed by atoms with Crippen LogP contribution >= 0.6 is 15.9 Å².